The average molecular weight is 549 g/mol. The largest absolute Gasteiger partial charge is 0.480 e. The minimum absolute atomic E-state index is 0.0853. The summed E-state index contributed by atoms with van der Waals surface area (Å²) in [6.45, 7) is -0.0910. The van der Waals surface area contributed by atoms with Gasteiger partial charge in [0.2, 0.25) is 17.7 Å². The highest BCUT2D eigenvalue weighted by atomic mass is 32.2. The van der Waals surface area contributed by atoms with Gasteiger partial charge in [0, 0.05) is 30.1 Å². The predicted octanol–water partition coefficient (Wildman–Crippen LogP) is -0.985. The normalized spacial score (nSPS) is 13.2. The predicted molar refractivity (Wildman–Crippen MR) is 147 cm³/mol. The highest BCUT2D eigenvalue weighted by Crippen LogP contribution is 2.19. The summed E-state index contributed by atoms with van der Waals surface area (Å²) in [5, 5.41) is 18.2. The Morgan fingerprint density at radius 3 is 2.37 bits per heavy atom. The first-order valence-corrected chi connectivity index (χ1v) is 13.5. The maximum Gasteiger partial charge on any atom is 0.326 e. The van der Waals surface area contributed by atoms with Crippen molar-refractivity contribution in [3.63, 3.8) is 0 Å². The molecule has 1 aromatic heterocycles. The minimum atomic E-state index is -1.17. The highest BCUT2D eigenvalue weighted by Gasteiger charge is 2.30. The van der Waals surface area contributed by atoms with E-state index in [0.717, 1.165) is 16.5 Å². The first kappa shape index (κ1) is 30.4. The number of hydrogen-bond donors (Lipinski definition) is 8. The third-order valence-corrected chi connectivity index (χ3v) is 6.38. The van der Waals surface area contributed by atoms with Crippen molar-refractivity contribution in [1.82, 2.24) is 20.9 Å². The first-order chi connectivity index (χ1) is 18.2. The van der Waals surface area contributed by atoms with E-state index in [1.54, 1.807) is 6.20 Å². The Morgan fingerprint density at radius 2 is 1.71 bits per heavy atom. The Balaban J connectivity index is 2.28. The van der Waals surface area contributed by atoms with Gasteiger partial charge in [-0.05, 0) is 42.9 Å². The molecule has 2 rings (SSSR count). The van der Waals surface area contributed by atoms with Gasteiger partial charge in [0.25, 0.3) is 0 Å². The molecule has 0 aliphatic rings. The third kappa shape index (κ3) is 9.59. The van der Waals surface area contributed by atoms with E-state index in [0.29, 0.717) is 12.2 Å². The second-order valence-electron chi connectivity index (χ2n) is 8.58. The number of carboxylic acid groups (broad SMARTS) is 1. The number of aromatic amines is 1. The summed E-state index contributed by atoms with van der Waals surface area (Å²) in [5.41, 5.74) is 17.7. The first-order valence-electron chi connectivity index (χ1n) is 12.1. The van der Waals surface area contributed by atoms with E-state index in [-0.39, 0.29) is 38.3 Å². The monoisotopic (exact) mass is 548 g/mol. The van der Waals surface area contributed by atoms with Crippen molar-refractivity contribution in [3.8, 4) is 0 Å². The third-order valence-electron chi connectivity index (χ3n) is 5.74. The molecule has 0 radical (unpaired) electrons. The number of carboxylic acids is 1. The van der Waals surface area contributed by atoms with Crippen molar-refractivity contribution in [2.45, 2.75) is 43.8 Å². The molecule has 0 fully saturated rings. The Bertz CT molecular complexity index is 1130. The SMILES string of the molecule is CSCCC(NC(=O)C(Cc1c[nH]c2ccccc12)NC(=O)C(CCCN=C(N)N)NC(=O)CN)C(=O)O. The molecule has 11 N–H and O–H groups in total. The number of aliphatic imine (C=N–C) groups is 1. The van der Waals surface area contributed by atoms with Gasteiger partial charge >= 0.3 is 5.97 Å². The Kier molecular flexibility index (Phi) is 12.4. The van der Waals surface area contributed by atoms with Crippen molar-refractivity contribution in [1.29, 1.82) is 0 Å². The van der Waals surface area contributed by atoms with Crippen LogP contribution in [0, 0.1) is 0 Å². The number of nitrogens with two attached hydrogens (primary N) is 3. The number of rotatable bonds is 16. The fourth-order valence-corrected chi connectivity index (χ4v) is 4.26. The van der Waals surface area contributed by atoms with E-state index in [1.807, 2.05) is 30.5 Å². The van der Waals surface area contributed by atoms with Gasteiger partial charge in [-0.3, -0.25) is 19.4 Å². The van der Waals surface area contributed by atoms with Crippen molar-refractivity contribution in [2.24, 2.45) is 22.2 Å². The number of hydrogen-bond acceptors (Lipinski definition) is 7. The second kappa shape index (κ2) is 15.5. The number of para-hydroxylation sites is 1. The molecule has 0 bridgehead atoms. The molecular formula is C24H36N8O5S. The molecule has 2 aromatic rings. The van der Waals surface area contributed by atoms with E-state index in [2.05, 4.69) is 25.9 Å². The molecule has 13 nitrogen and oxygen atoms in total. The van der Waals surface area contributed by atoms with E-state index in [9.17, 15) is 24.3 Å². The number of carbonyl (C=O) groups excluding carboxylic acids is 3. The summed E-state index contributed by atoms with van der Waals surface area (Å²) in [6, 6.07) is 4.23. The summed E-state index contributed by atoms with van der Waals surface area (Å²) in [4.78, 5) is 57.3. The molecule has 1 heterocycles. The maximum absolute atomic E-state index is 13.3. The minimum Gasteiger partial charge on any atom is -0.480 e. The Morgan fingerprint density at radius 1 is 1.03 bits per heavy atom. The molecule has 3 atom stereocenters. The lowest BCUT2D eigenvalue weighted by Gasteiger charge is -2.24. The van der Waals surface area contributed by atoms with E-state index in [1.165, 1.54) is 11.8 Å². The van der Waals surface area contributed by atoms with Crippen molar-refractivity contribution in [3.05, 3.63) is 36.0 Å². The van der Waals surface area contributed by atoms with Crippen LogP contribution in [-0.4, -0.2) is 83.0 Å². The number of nitrogens with zero attached hydrogens (tertiary/aromatic N) is 1. The van der Waals surface area contributed by atoms with Gasteiger partial charge in [0.1, 0.15) is 18.1 Å². The quantitative estimate of drug-likeness (QED) is 0.0730. The fourth-order valence-electron chi connectivity index (χ4n) is 3.79. The maximum atomic E-state index is 13.3. The van der Waals surface area contributed by atoms with Crippen LogP contribution in [0.2, 0.25) is 0 Å². The van der Waals surface area contributed by atoms with E-state index < -0.39 is 41.8 Å². The highest BCUT2D eigenvalue weighted by molar-refractivity contribution is 7.98. The lowest BCUT2D eigenvalue weighted by atomic mass is 10.0. The van der Waals surface area contributed by atoms with Gasteiger partial charge in [-0.1, -0.05) is 18.2 Å². The number of carbonyl (C=O) groups is 4. The summed E-state index contributed by atoms with van der Waals surface area (Å²) >= 11 is 1.46. The summed E-state index contributed by atoms with van der Waals surface area (Å²) in [7, 11) is 0. The van der Waals surface area contributed by atoms with Gasteiger partial charge in [-0.15, -0.1) is 0 Å². The molecule has 1 aromatic carbocycles. The van der Waals surface area contributed by atoms with Crippen LogP contribution in [-0.2, 0) is 25.6 Å². The van der Waals surface area contributed by atoms with Crippen LogP contribution < -0.4 is 33.2 Å². The molecule has 14 heteroatoms. The van der Waals surface area contributed by atoms with Crippen molar-refractivity contribution >= 4 is 52.3 Å². The number of fused-ring (bicyclic) bond motifs is 1. The molecular weight excluding hydrogens is 512 g/mol. The zero-order valence-electron chi connectivity index (χ0n) is 21.2. The van der Waals surface area contributed by atoms with Crippen LogP contribution in [0.3, 0.4) is 0 Å². The number of aliphatic carboxylic acids is 1. The second-order valence-corrected chi connectivity index (χ2v) is 9.56. The van der Waals surface area contributed by atoms with Gasteiger partial charge in [-0.2, -0.15) is 11.8 Å². The molecule has 0 aliphatic carbocycles. The summed E-state index contributed by atoms with van der Waals surface area (Å²) in [5.74, 6) is -2.55. The van der Waals surface area contributed by atoms with E-state index in [4.69, 9.17) is 17.2 Å². The Hall–Kier alpha value is -3.78. The van der Waals surface area contributed by atoms with Crippen molar-refractivity contribution in [2.75, 3.05) is 25.1 Å². The molecule has 0 spiro atoms. The molecule has 38 heavy (non-hydrogen) atoms. The fraction of sp³-hybridized carbons (Fsp3) is 0.458. The topological polar surface area (TPSA) is 231 Å². The molecule has 3 amide bonds. The van der Waals surface area contributed by atoms with Crippen LogP contribution in [0.5, 0.6) is 0 Å². The molecule has 208 valence electrons. The van der Waals surface area contributed by atoms with Gasteiger partial charge in [0.15, 0.2) is 5.96 Å². The van der Waals surface area contributed by atoms with Gasteiger partial charge < -0.3 is 43.2 Å². The lowest BCUT2D eigenvalue weighted by Crippen LogP contribution is -2.56. The molecule has 0 aliphatic heterocycles. The van der Waals surface area contributed by atoms with Crippen molar-refractivity contribution < 1.29 is 24.3 Å². The van der Waals surface area contributed by atoms with Crippen LogP contribution in [0.25, 0.3) is 10.9 Å². The van der Waals surface area contributed by atoms with Gasteiger partial charge in [0.05, 0.1) is 6.54 Å². The van der Waals surface area contributed by atoms with Crippen LogP contribution >= 0.6 is 11.8 Å². The average Bonchev–Trinajstić information content (AvgIpc) is 3.29. The number of thioether (sulfide) groups is 1. The number of H-pyrrole nitrogens is 1. The van der Waals surface area contributed by atoms with Crippen LogP contribution in [0.15, 0.2) is 35.5 Å². The van der Waals surface area contributed by atoms with Crippen LogP contribution in [0.4, 0.5) is 0 Å². The van der Waals surface area contributed by atoms with Gasteiger partial charge in [-0.25, -0.2) is 4.79 Å². The lowest BCUT2D eigenvalue weighted by molar-refractivity contribution is -0.142. The summed E-state index contributed by atoms with van der Waals surface area (Å²) in [6.07, 6.45) is 4.43. The zero-order chi connectivity index (χ0) is 28.1. The van der Waals surface area contributed by atoms with Crippen LogP contribution in [0.1, 0.15) is 24.8 Å². The standard InChI is InChI=1S/C24H36N8O5S/c1-38-10-8-18(23(36)37)31-22(35)19(11-14-13-29-16-6-3-2-5-15(14)16)32-21(34)17(30-20(33)12-25)7-4-9-28-24(26)27/h2-3,5-6,13,17-19,29H,4,7-12,25H2,1H3,(H,30,33)(H,31,35)(H,32,34)(H,36,37)(H4,26,27,28). The number of guanidine groups is 1. The summed E-state index contributed by atoms with van der Waals surface area (Å²) < 4.78 is 0. The number of amides is 3. The molecule has 0 saturated carbocycles. The Labute approximate surface area is 224 Å². The molecule has 0 saturated heterocycles. The smallest absolute Gasteiger partial charge is 0.326 e. The number of aromatic nitrogens is 1. The number of benzene rings is 1. The number of nitrogens with one attached hydrogen (secondary N) is 4. The van der Waals surface area contributed by atoms with E-state index >= 15 is 0 Å². The molecule has 3 unspecified atom stereocenters. The zero-order valence-corrected chi connectivity index (χ0v) is 22.1.